The average Bonchev–Trinajstić information content (AvgIpc) is 3.01. The van der Waals surface area contributed by atoms with Gasteiger partial charge in [-0.05, 0) is 31.2 Å². The Labute approximate surface area is 142 Å². The lowest BCUT2D eigenvalue weighted by Crippen LogP contribution is -2.58. The number of aromatic nitrogens is 2. The number of amides is 2. The van der Waals surface area contributed by atoms with Crippen LogP contribution in [0.25, 0.3) is 0 Å². The third kappa shape index (κ3) is 4.11. The van der Waals surface area contributed by atoms with Gasteiger partial charge in [-0.1, -0.05) is 5.16 Å². The Morgan fingerprint density at radius 1 is 1.44 bits per heavy atom. The van der Waals surface area contributed by atoms with Gasteiger partial charge in [-0.15, -0.1) is 0 Å². The maximum atomic E-state index is 12.9. The van der Waals surface area contributed by atoms with Crippen LogP contribution in [0.4, 0.5) is 4.39 Å². The van der Waals surface area contributed by atoms with E-state index in [4.69, 9.17) is 9.26 Å². The molecule has 1 aromatic heterocycles. The van der Waals surface area contributed by atoms with Crippen molar-refractivity contribution in [1.82, 2.24) is 20.4 Å². The number of rotatable bonds is 5. The summed E-state index contributed by atoms with van der Waals surface area (Å²) in [5, 5.41) is 6.40. The first-order valence-corrected chi connectivity index (χ1v) is 7.77. The maximum Gasteiger partial charge on any atom is 0.261 e. The predicted octanol–water partition coefficient (Wildman–Crippen LogP) is 0.466. The summed E-state index contributed by atoms with van der Waals surface area (Å²) in [7, 11) is 0. The molecule has 132 valence electrons. The molecule has 1 atom stereocenters. The second-order valence-corrected chi connectivity index (χ2v) is 5.58. The van der Waals surface area contributed by atoms with E-state index in [-0.39, 0.29) is 36.6 Å². The maximum absolute atomic E-state index is 12.9. The quantitative estimate of drug-likeness (QED) is 0.843. The van der Waals surface area contributed by atoms with Crippen molar-refractivity contribution in [2.45, 2.75) is 19.4 Å². The van der Waals surface area contributed by atoms with Crippen molar-refractivity contribution in [3.63, 3.8) is 0 Å². The summed E-state index contributed by atoms with van der Waals surface area (Å²) in [4.78, 5) is 30.1. The molecular weight excluding hydrogens is 331 g/mol. The van der Waals surface area contributed by atoms with Crippen molar-refractivity contribution < 1.29 is 23.2 Å². The van der Waals surface area contributed by atoms with Crippen LogP contribution >= 0.6 is 0 Å². The second-order valence-electron chi connectivity index (χ2n) is 5.58. The second kappa shape index (κ2) is 7.29. The lowest BCUT2D eigenvalue weighted by Gasteiger charge is -2.34. The third-order valence-corrected chi connectivity index (χ3v) is 3.76. The van der Waals surface area contributed by atoms with Gasteiger partial charge < -0.3 is 19.5 Å². The third-order valence-electron chi connectivity index (χ3n) is 3.76. The summed E-state index contributed by atoms with van der Waals surface area (Å²) in [5.74, 6) is 0.111. The SMILES string of the molecule is Cc1noc(CC2C(=O)NCCN2C(=O)COc2ccc(F)cc2)n1. The van der Waals surface area contributed by atoms with Gasteiger partial charge in [0.2, 0.25) is 11.8 Å². The van der Waals surface area contributed by atoms with Gasteiger partial charge in [0.1, 0.15) is 17.6 Å². The molecule has 1 fully saturated rings. The summed E-state index contributed by atoms with van der Waals surface area (Å²) in [6.45, 7) is 2.14. The van der Waals surface area contributed by atoms with Gasteiger partial charge in [0.05, 0.1) is 6.42 Å². The Morgan fingerprint density at radius 2 is 2.20 bits per heavy atom. The number of nitrogens with one attached hydrogen (secondary N) is 1. The van der Waals surface area contributed by atoms with Crippen LogP contribution in [-0.2, 0) is 16.0 Å². The first-order chi connectivity index (χ1) is 12.0. The molecule has 0 radical (unpaired) electrons. The fourth-order valence-electron chi connectivity index (χ4n) is 2.56. The zero-order chi connectivity index (χ0) is 17.8. The number of carbonyl (C=O) groups is 2. The molecule has 9 heteroatoms. The highest BCUT2D eigenvalue weighted by atomic mass is 19.1. The first kappa shape index (κ1) is 16.9. The lowest BCUT2D eigenvalue weighted by molar-refractivity contribution is -0.144. The minimum Gasteiger partial charge on any atom is -0.484 e. The van der Waals surface area contributed by atoms with Gasteiger partial charge in [0.25, 0.3) is 5.91 Å². The first-order valence-electron chi connectivity index (χ1n) is 7.77. The van der Waals surface area contributed by atoms with Crippen molar-refractivity contribution >= 4 is 11.8 Å². The minimum atomic E-state index is -0.738. The van der Waals surface area contributed by atoms with E-state index < -0.39 is 6.04 Å². The highest BCUT2D eigenvalue weighted by molar-refractivity contribution is 5.89. The number of benzene rings is 1. The summed E-state index contributed by atoms with van der Waals surface area (Å²) in [6.07, 6.45) is 0.134. The van der Waals surface area contributed by atoms with E-state index in [1.807, 2.05) is 0 Å². The van der Waals surface area contributed by atoms with E-state index in [0.29, 0.717) is 24.7 Å². The highest BCUT2D eigenvalue weighted by Gasteiger charge is 2.34. The van der Waals surface area contributed by atoms with Crippen molar-refractivity contribution in [3.05, 3.63) is 41.8 Å². The van der Waals surface area contributed by atoms with Crippen molar-refractivity contribution in [3.8, 4) is 5.75 Å². The van der Waals surface area contributed by atoms with Crippen LogP contribution in [-0.4, -0.2) is 52.6 Å². The predicted molar refractivity (Wildman–Crippen MR) is 83.1 cm³/mol. The number of hydrogen-bond donors (Lipinski definition) is 1. The van der Waals surface area contributed by atoms with Gasteiger partial charge >= 0.3 is 0 Å². The Hall–Kier alpha value is -2.97. The van der Waals surface area contributed by atoms with E-state index in [2.05, 4.69) is 15.5 Å². The van der Waals surface area contributed by atoms with Crippen molar-refractivity contribution in [1.29, 1.82) is 0 Å². The molecule has 1 N–H and O–H groups in total. The number of carbonyl (C=O) groups excluding carboxylic acids is 2. The van der Waals surface area contributed by atoms with Crippen LogP contribution in [0.1, 0.15) is 11.7 Å². The molecule has 0 bridgehead atoms. The minimum absolute atomic E-state index is 0.134. The van der Waals surface area contributed by atoms with Crippen LogP contribution < -0.4 is 10.1 Å². The number of hydrogen-bond acceptors (Lipinski definition) is 6. The number of ether oxygens (including phenoxy) is 1. The monoisotopic (exact) mass is 348 g/mol. The van der Waals surface area contributed by atoms with Gasteiger partial charge in [-0.25, -0.2) is 4.39 Å². The molecule has 0 spiro atoms. The fraction of sp³-hybridized carbons (Fsp3) is 0.375. The number of nitrogens with zero attached hydrogens (tertiary/aromatic N) is 3. The van der Waals surface area contributed by atoms with Gasteiger partial charge in [0, 0.05) is 13.1 Å². The zero-order valence-electron chi connectivity index (χ0n) is 13.6. The molecule has 1 unspecified atom stereocenters. The lowest BCUT2D eigenvalue weighted by atomic mass is 10.1. The molecule has 25 heavy (non-hydrogen) atoms. The molecule has 3 rings (SSSR count). The van der Waals surface area contributed by atoms with E-state index in [9.17, 15) is 14.0 Å². The Morgan fingerprint density at radius 3 is 2.88 bits per heavy atom. The molecule has 0 aliphatic carbocycles. The average molecular weight is 348 g/mol. The number of aryl methyl sites for hydroxylation is 1. The van der Waals surface area contributed by atoms with E-state index in [0.717, 1.165) is 0 Å². The highest BCUT2D eigenvalue weighted by Crippen LogP contribution is 2.14. The summed E-state index contributed by atoms with van der Waals surface area (Å²) in [5.41, 5.74) is 0. The summed E-state index contributed by atoms with van der Waals surface area (Å²) >= 11 is 0. The van der Waals surface area contributed by atoms with E-state index in [1.165, 1.54) is 29.2 Å². The molecule has 8 nitrogen and oxygen atoms in total. The standard InChI is InChI=1S/C16H17FN4O4/c1-10-19-14(25-20-10)8-13-16(23)18-6-7-21(13)15(22)9-24-12-4-2-11(17)3-5-12/h2-5,13H,6-9H2,1H3,(H,18,23). The molecule has 1 aliphatic heterocycles. The molecule has 2 aromatic rings. The molecule has 1 aromatic carbocycles. The normalized spacial score (nSPS) is 17.3. The zero-order valence-corrected chi connectivity index (χ0v) is 13.6. The van der Waals surface area contributed by atoms with Crippen LogP contribution in [0.3, 0.4) is 0 Å². The number of piperazine rings is 1. The smallest absolute Gasteiger partial charge is 0.261 e. The van der Waals surface area contributed by atoms with Gasteiger partial charge in [-0.2, -0.15) is 4.98 Å². The van der Waals surface area contributed by atoms with Gasteiger partial charge in [-0.3, -0.25) is 9.59 Å². The molecule has 2 amide bonds. The Bertz CT molecular complexity index is 762. The Kier molecular flexibility index (Phi) is 4.92. The van der Waals surface area contributed by atoms with Crippen molar-refractivity contribution in [2.24, 2.45) is 0 Å². The molecule has 1 saturated heterocycles. The van der Waals surface area contributed by atoms with Gasteiger partial charge in [0.15, 0.2) is 12.4 Å². The van der Waals surface area contributed by atoms with Crippen LogP contribution in [0.5, 0.6) is 5.75 Å². The number of halogens is 1. The molecular formula is C16H17FN4O4. The largest absolute Gasteiger partial charge is 0.484 e. The van der Waals surface area contributed by atoms with Crippen LogP contribution in [0, 0.1) is 12.7 Å². The Balaban J connectivity index is 1.65. The molecule has 0 saturated carbocycles. The summed E-state index contributed by atoms with van der Waals surface area (Å²) in [6, 6.07) is 4.62. The summed E-state index contributed by atoms with van der Waals surface area (Å²) < 4.78 is 23.3. The van der Waals surface area contributed by atoms with Crippen LogP contribution in [0.2, 0.25) is 0 Å². The molecule has 2 heterocycles. The topological polar surface area (TPSA) is 97.6 Å². The van der Waals surface area contributed by atoms with E-state index >= 15 is 0 Å². The molecule has 1 aliphatic rings. The van der Waals surface area contributed by atoms with Crippen LogP contribution in [0.15, 0.2) is 28.8 Å². The van der Waals surface area contributed by atoms with Crippen molar-refractivity contribution in [2.75, 3.05) is 19.7 Å². The fourth-order valence-corrected chi connectivity index (χ4v) is 2.56. The van der Waals surface area contributed by atoms with E-state index in [1.54, 1.807) is 6.92 Å².